The van der Waals surface area contributed by atoms with Gasteiger partial charge in [-0.05, 0) is 58.6 Å². The van der Waals surface area contributed by atoms with E-state index in [1.807, 2.05) is 38.7 Å². The molecule has 2 aliphatic rings. The number of likely N-dealkylation sites (tertiary alicyclic amines) is 1. The van der Waals surface area contributed by atoms with E-state index in [-0.39, 0.29) is 11.7 Å². The summed E-state index contributed by atoms with van der Waals surface area (Å²) in [6, 6.07) is 5.30. The molecular formula is C20H29BFNO3S. The average Bonchev–Trinajstić information content (AvgIpc) is 2.81. The van der Waals surface area contributed by atoms with Gasteiger partial charge in [0.15, 0.2) is 0 Å². The van der Waals surface area contributed by atoms with E-state index in [0.717, 1.165) is 36.6 Å². The molecule has 2 saturated heterocycles. The second kappa shape index (κ2) is 7.76. The van der Waals surface area contributed by atoms with Gasteiger partial charge in [-0.2, -0.15) is 0 Å². The van der Waals surface area contributed by atoms with Crippen LogP contribution in [0, 0.1) is 11.7 Å². The van der Waals surface area contributed by atoms with Gasteiger partial charge in [0.05, 0.1) is 11.2 Å². The number of carbonyl (C=O) groups is 1. The molecule has 0 N–H and O–H groups in total. The topological polar surface area (TPSA) is 38.8 Å². The summed E-state index contributed by atoms with van der Waals surface area (Å²) < 4.78 is 26.6. The van der Waals surface area contributed by atoms with Crippen molar-refractivity contribution in [2.24, 2.45) is 5.92 Å². The first-order chi connectivity index (χ1) is 12.6. The Morgan fingerprint density at radius 3 is 2.33 bits per heavy atom. The summed E-state index contributed by atoms with van der Waals surface area (Å²) in [5, 5.41) is 0. The van der Waals surface area contributed by atoms with Crippen molar-refractivity contribution in [3.8, 4) is 0 Å². The third kappa shape index (κ3) is 4.52. The van der Waals surface area contributed by atoms with Gasteiger partial charge >= 0.3 is 7.12 Å². The zero-order valence-electron chi connectivity index (χ0n) is 16.9. The maximum atomic E-state index is 14.7. The molecule has 1 amide bonds. The maximum absolute atomic E-state index is 14.7. The molecule has 148 valence electrons. The van der Waals surface area contributed by atoms with Crippen molar-refractivity contribution >= 4 is 30.3 Å². The molecule has 1 aromatic rings. The van der Waals surface area contributed by atoms with E-state index in [1.54, 1.807) is 30.8 Å². The van der Waals surface area contributed by atoms with Crippen molar-refractivity contribution in [2.45, 2.75) is 63.6 Å². The molecule has 0 unspecified atom stereocenters. The highest BCUT2D eigenvalue weighted by Gasteiger charge is 2.52. The lowest BCUT2D eigenvalue weighted by molar-refractivity contribution is -0.130. The van der Waals surface area contributed by atoms with Crippen LogP contribution in [0.4, 0.5) is 4.39 Å². The first-order valence-corrected chi connectivity index (χ1v) is 10.6. The highest BCUT2D eigenvalue weighted by molar-refractivity contribution is 7.99. The second-order valence-corrected chi connectivity index (χ2v) is 9.63. The van der Waals surface area contributed by atoms with Gasteiger partial charge in [0.25, 0.3) is 0 Å². The van der Waals surface area contributed by atoms with Gasteiger partial charge < -0.3 is 14.2 Å². The van der Waals surface area contributed by atoms with E-state index in [0.29, 0.717) is 11.4 Å². The molecule has 2 aliphatic heterocycles. The number of thioether (sulfide) groups is 1. The van der Waals surface area contributed by atoms with E-state index in [4.69, 9.17) is 9.31 Å². The smallest absolute Gasteiger partial charge is 0.399 e. The number of carbonyl (C=O) groups excluding carboxylic acids is 1. The molecular weight excluding hydrogens is 364 g/mol. The van der Waals surface area contributed by atoms with Crippen LogP contribution in [0.25, 0.3) is 0 Å². The Hall–Kier alpha value is -1.05. The van der Waals surface area contributed by atoms with Crippen molar-refractivity contribution in [3.05, 3.63) is 24.0 Å². The Labute approximate surface area is 166 Å². The number of benzene rings is 1. The molecule has 4 nitrogen and oxygen atoms in total. The Morgan fingerprint density at radius 2 is 1.81 bits per heavy atom. The van der Waals surface area contributed by atoms with Gasteiger partial charge in [-0.25, -0.2) is 4.39 Å². The molecule has 7 heteroatoms. The zero-order valence-corrected chi connectivity index (χ0v) is 17.7. The predicted molar refractivity (Wildman–Crippen MR) is 108 cm³/mol. The summed E-state index contributed by atoms with van der Waals surface area (Å²) in [5.74, 6) is 1.38. The number of amides is 1. The zero-order chi connectivity index (χ0) is 19.8. The van der Waals surface area contributed by atoms with E-state index in [1.165, 1.54) is 0 Å². The maximum Gasteiger partial charge on any atom is 0.497 e. The highest BCUT2D eigenvalue weighted by Crippen LogP contribution is 2.37. The van der Waals surface area contributed by atoms with Gasteiger partial charge in [-0.1, -0.05) is 6.07 Å². The molecule has 0 spiro atoms. The quantitative estimate of drug-likeness (QED) is 0.580. The molecule has 2 fully saturated rings. The van der Waals surface area contributed by atoms with Crippen molar-refractivity contribution in [1.82, 2.24) is 4.90 Å². The van der Waals surface area contributed by atoms with E-state index >= 15 is 0 Å². The molecule has 0 aliphatic carbocycles. The summed E-state index contributed by atoms with van der Waals surface area (Å²) in [7, 11) is -0.676. The van der Waals surface area contributed by atoms with Gasteiger partial charge in [0.1, 0.15) is 5.82 Å². The van der Waals surface area contributed by atoms with Crippen LogP contribution in [0.5, 0.6) is 0 Å². The summed E-state index contributed by atoms with van der Waals surface area (Å²) in [5.41, 5.74) is -0.508. The summed E-state index contributed by atoms with van der Waals surface area (Å²) >= 11 is 1.68. The molecule has 0 aromatic heterocycles. The summed E-state index contributed by atoms with van der Waals surface area (Å²) in [4.78, 5) is 14.2. The monoisotopic (exact) mass is 393 g/mol. The van der Waals surface area contributed by atoms with Crippen LogP contribution in [0.15, 0.2) is 23.1 Å². The Kier molecular flexibility index (Phi) is 5.95. The van der Waals surface area contributed by atoms with Gasteiger partial charge in [0.2, 0.25) is 5.91 Å². The van der Waals surface area contributed by atoms with E-state index < -0.39 is 18.3 Å². The minimum Gasteiger partial charge on any atom is -0.399 e. The number of halogens is 1. The summed E-state index contributed by atoms with van der Waals surface area (Å²) in [6.45, 7) is 11.1. The van der Waals surface area contributed by atoms with Gasteiger partial charge in [-0.3, -0.25) is 4.79 Å². The van der Waals surface area contributed by atoms with Crippen LogP contribution in [0.3, 0.4) is 0 Å². The highest BCUT2D eigenvalue weighted by atomic mass is 32.2. The second-order valence-electron chi connectivity index (χ2n) is 8.53. The first kappa shape index (κ1) is 20.7. The molecule has 0 atom stereocenters. The van der Waals surface area contributed by atoms with Crippen LogP contribution in [-0.2, 0) is 14.1 Å². The number of piperidine rings is 1. The third-order valence-electron chi connectivity index (χ3n) is 6.02. The lowest BCUT2D eigenvalue weighted by Crippen LogP contribution is -2.41. The van der Waals surface area contributed by atoms with Crippen molar-refractivity contribution < 1.29 is 18.5 Å². The summed E-state index contributed by atoms with van der Waals surface area (Å²) in [6.07, 6.45) is 2.03. The molecule has 0 bridgehead atoms. The van der Waals surface area contributed by atoms with Gasteiger partial charge in [-0.15, -0.1) is 11.8 Å². The lowest BCUT2D eigenvalue weighted by atomic mass is 9.79. The van der Waals surface area contributed by atoms with Crippen molar-refractivity contribution in [1.29, 1.82) is 0 Å². The molecule has 2 heterocycles. The normalized spacial score (nSPS) is 22.3. The number of nitrogens with zero attached hydrogens (tertiary/aromatic N) is 1. The molecule has 27 heavy (non-hydrogen) atoms. The Bertz CT molecular complexity index is 688. The predicted octanol–water partition coefficient (Wildman–Crippen LogP) is 3.48. The first-order valence-electron chi connectivity index (χ1n) is 9.62. The van der Waals surface area contributed by atoms with Crippen molar-refractivity contribution in [3.63, 3.8) is 0 Å². The molecule has 0 saturated carbocycles. The SMILES string of the molecule is CC(=O)N1CCC(CSc2ccc(B3OC(C)(C)C(C)(C)O3)c(F)c2)CC1. The standard InChI is InChI=1S/C20H29BFNO3S/c1-14(24)23-10-8-15(9-11-23)13-27-16-6-7-17(18(22)12-16)21-25-19(2,3)20(4,5)26-21/h6-7,12,15H,8-11,13H2,1-5H3. The fourth-order valence-corrected chi connectivity index (χ4v) is 4.50. The Balaban J connectivity index is 1.57. The minimum absolute atomic E-state index is 0.154. The van der Waals surface area contributed by atoms with Crippen LogP contribution in [-0.4, -0.2) is 48.0 Å². The third-order valence-corrected chi connectivity index (χ3v) is 7.25. The minimum atomic E-state index is -0.676. The lowest BCUT2D eigenvalue weighted by Gasteiger charge is -2.32. The number of hydrogen-bond donors (Lipinski definition) is 0. The van der Waals surface area contributed by atoms with E-state index in [9.17, 15) is 9.18 Å². The van der Waals surface area contributed by atoms with Gasteiger partial charge in [0, 0.05) is 36.1 Å². The number of rotatable bonds is 4. The van der Waals surface area contributed by atoms with E-state index in [2.05, 4.69) is 0 Å². The van der Waals surface area contributed by atoms with Crippen LogP contribution in [0.2, 0.25) is 0 Å². The number of hydrogen-bond acceptors (Lipinski definition) is 4. The van der Waals surface area contributed by atoms with Crippen LogP contribution in [0.1, 0.15) is 47.5 Å². The van der Waals surface area contributed by atoms with Crippen molar-refractivity contribution in [2.75, 3.05) is 18.8 Å². The molecule has 3 rings (SSSR count). The molecule has 1 aromatic carbocycles. The fraction of sp³-hybridized carbons (Fsp3) is 0.650. The van der Waals surface area contributed by atoms with Crippen LogP contribution < -0.4 is 5.46 Å². The average molecular weight is 393 g/mol. The fourth-order valence-electron chi connectivity index (χ4n) is 3.39. The largest absolute Gasteiger partial charge is 0.497 e. The Morgan fingerprint density at radius 1 is 1.22 bits per heavy atom. The molecule has 0 radical (unpaired) electrons. The van der Waals surface area contributed by atoms with Crippen LogP contribution >= 0.6 is 11.8 Å².